The van der Waals surface area contributed by atoms with Crippen LogP contribution in [-0.2, 0) is 4.79 Å². The van der Waals surface area contributed by atoms with Crippen LogP contribution in [0, 0.1) is 0 Å². The molecule has 90 valence electrons. The van der Waals surface area contributed by atoms with E-state index in [1.54, 1.807) is 12.1 Å². The Labute approximate surface area is 103 Å². The van der Waals surface area contributed by atoms with Gasteiger partial charge < -0.3 is 16.4 Å². The van der Waals surface area contributed by atoms with Crippen molar-refractivity contribution >= 4 is 34.7 Å². The minimum Gasteiger partial charge on any atom is -0.398 e. The largest absolute Gasteiger partial charge is 0.398 e. The topological polar surface area (TPSA) is 84.2 Å². The maximum absolute atomic E-state index is 12.1. The molecule has 1 unspecified atom stereocenters. The Morgan fingerprint density at radius 2 is 2.29 bits per heavy atom. The van der Waals surface area contributed by atoms with E-state index in [-0.39, 0.29) is 11.7 Å². The zero-order chi connectivity index (χ0) is 12.6. The smallest absolute Gasteiger partial charge is 0.217 e. The summed E-state index contributed by atoms with van der Waals surface area (Å²) in [5.74, 6) is -0.469. The molecule has 0 saturated carbocycles. The second-order valence-corrected chi connectivity index (χ2v) is 4.29. The molecule has 1 aromatic carbocycles. The van der Waals surface area contributed by atoms with Crippen LogP contribution in [-0.4, -0.2) is 24.3 Å². The van der Waals surface area contributed by atoms with E-state index in [9.17, 15) is 9.59 Å². The van der Waals surface area contributed by atoms with Gasteiger partial charge in [0.2, 0.25) is 5.91 Å². The van der Waals surface area contributed by atoms with Gasteiger partial charge in [-0.25, -0.2) is 0 Å². The first-order chi connectivity index (χ1) is 8.00. The Balaban J connectivity index is 2.41. The van der Waals surface area contributed by atoms with Gasteiger partial charge in [-0.15, -0.1) is 0 Å². The lowest BCUT2D eigenvalue weighted by molar-refractivity contribution is -0.119. The fourth-order valence-electron chi connectivity index (χ4n) is 1.86. The summed E-state index contributed by atoms with van der Waals surface area (Å²) in [4.78, 5) is 23.1. The summed E-state index contributed by atoms with van der Waals surface area (Å²) in [7, 11) is 0. The van der Waals surface area contributed by atoms with Gasteiger partial charge in [0.15, 0.2) is 5.78 Å². The Kier molecular flexibility index (Phi) is 2.93. The van der Waals surface area contributed by atoms with Crippen LogP contribution in [0.1, 0.15) is 17.3 Å². The molecule has 5 nitrogen and oxygen atoms in total. The Morgan fingerprint density at radius 3 is 2.94 bits per heavy atom. The summed E-state index contributed by atoms with van der Waals surface area (Å²) in [5.41, 5.74) is 7.01. The summed E-state index contributed by atoms with van der Waals surface area (Å²) in [6, 6.07) is 2.62. The number of anilines is 2. The molecule has 0 saturated heterocycles. The molecule has 1 aromatic rings. The number of carbonyl (C=O) groups is 2. The molecule has 0 aliphatic carbocycles. The number of hydrogen-bond acceptors (Lipinski definition) is 4. The molecule has 1 atom stereocenters. The Hall–Kier alpha value is -1.75. The maximum Gasteiger partial charge on any atom is 0.217 e. The fraction of sp³-hybridized carbons (Fsp3) is 0.273. The number of amides is 1. The zero-order valence-corrected chi connectivity index (χ0v) is 9.97. The van der Waals surface area contributed by atoms with Gasteiger partial charge in [0.05, 0.1) is 16.3 Å². The third kappa shape index (κ3) is 2.06. The van der Waals surface area contributed by atoms with Crippen LogP contribution in [0.25, 0.3) is 0 Å². The molecule has 2 rings (SSSR count). The van der Waals surface area contributed by atoms with Crippen molar-refractivity contribution in [2.24, 2.45) is 0 Å². The predicted molar refractivity (Wildman–Crippen MR) is 66.3 cm³/mol. The second kappa shape index (κ2) is 4.25. The van der Waals surface area contributed by atoms with Gasteiger partial charge >= 0.3 is 0 Å². The van der Waals surface area contributed by atoms with E-state index in [0.717, 1.165) is 0 Å². The average Bonchev–Trinajstić information content (AvgIpc) is 2.26. The first-order valence-corrected chi connectivity index (χ1v) is 5.51. The van der Waals surface area contributed by atoms with E-state index in [2.05, 4.69) is 10.6 Å². The summed E-state index contributed by atoms with van der Waals surface area (Å²) in [5, 5.41) is 6.03. The average molecular weight is 254 g/mol. The maximum atomic E-state index is 12.1. The quantitative estimate of drug-likeness (QED) is 0.653. The Bertz CT molecular complexity index is 502. The van der Waals surface area contributed by atoms with Crippen molar-refractivity contribution in [3.05, 3.63) is 22.7 Å². The molecule has 6 heteroatoms. The molecule has 1 heterocycles. The van der Waals surface area contributed by atoms with Crippen molar-refractivity contribution in [1.29, 1.82) is 0 Å². The lowest BCUT2D eigenvalue weighted by Gasteiger charge is -2.26. The highest BCUT2D eigenvalue weighted by Gasteiger charge is 2.30. The summed E-state index contributed by atoms with van der Waals surface area (Å²) in [6.45, 7) is 1.68. The number of nitrogens with two attached hydrogens (primary N) is 1. The fourth-order valence-corrected chi connectivity index (χ4v) is 2.09. The van der Waals surface area contributed by atoms with E-state index >= 15 is 0 Å². The minimum absolute atomic E-state index is 0.214. The Morgan fingerprint density at radius 1 is 1.59 bits per heavy atom. The number of halogens is 1. The predicted octanol–water partition coefficient (Wildman–Crippen LogP) is 1.04. The zero-order valence-electron chi connectivity index (χ0n) is 9.21. The molecule has 0 radical (unpaired) electrons. The normalized spacial score (nSPS) is 18.2. The molecule has 4 N–H and O–H groups in total. The lowest BCUT2D eigenvalue weighted by atomic mass is 9.96. The molecular weight excluding hydrogens is 242 g/mol. The second-order valence-electron chi connectivity index (χ2n) is 3.88. The van der Waals surface area contributed by atoms with Crippen LogP contribution in [0.5, 0.6) is 0 Å². The van der Waals surface area contributed by atoms with Crippen LogP contribution in [0.3, 0.4) is 0 Å². The van der Waals surface area contributed by atoms with Gasteiger partial charge in [0.25, 0.3) is 0 Å². The highest BCUT2D eigenvalue weighted by Crippen LogP contribution is 2.33. The monoisotopic (exact) mass is 253 g/mol. The van der Waals surface area contributed by atoms with Crippen LogP contribution < -0.4 is 16.4 Å². The number of rotatable bonds is 1. The van der Waals surface area contributed by atoms with Gasteiger partial charge in [-0.2, -0.15) is 0 Å². The molecular formula is C11H12ClN3O2. The summed E-state index contributed by atoms with van der Waals surface area (Å²) in [6.07, 6.45) is 0. The van der Waals surface area contributed by atoms with Crippen molar-refractivity contribution in [2.45, 2.75) is 13.0 Å². The summed E-state index contributed by atoms with van der Waals surface area (Å²) < 4.78 is 0. The molecule has 1 aliphatic heterocycles. The number of nitrogens with one attached hydrogen (secondary N) is 2. The molecule has 1 amide bonds. The number of benzene rings is 1. The number of Topliss-reactive ketones (excluding diaryl/α,β-unsaturated/α-hetero) is 1. The highest BCUT2D eigenvalue weighted by atomic mass is 35.5. The third-order valence-corrected chi connectivity index (χ3v) is 2.93. The number of carbonyl (C=O) groups excluding carboxylic acids is 2. The first-order valence-electron chi connectivity index (χ1n) is 5.14. The molecule has 17 heavy (non-hydrogen) atoms. The number of nitrogen functional groups attached to an aromatic ring is 1. The first kappa shape index (κ1) is 11.7. The van der Waals surface area contributed by atoms with Crippen molar-refractivity contribution in [2.75, 3.05) is 17.6 Å². The van der Waals surface area contributed by atoms with Crippen molar-refractivity contribution in [3.8, 4) is 0 Å². The third-order valence-electron chi connectivity index (χ3n) is 2.61. The van der Waals surface area contributed by atoms with Gasteiger partial charge in [0, 0.05) is 19.2 Å². The van der Waals surface area contributed by atoms with Gasteiger partial charge in [0.1, 0.15) is 6.04 Å². The van der Waals surface area contributed by atoms with E-state index < -0.39 is 6.04 Å². The van der Waals surface area contributed by atoms with E-state index in [1.807, 2.05) is 0 Å². The number of hydrogen-bond donors (Lipinski definition) is 3. The van der Waals surface area contributed by atoms with E-state index in [0.29, 0.717) is 28.5 Å². The van der Waals surface area contributed by atoms with Crippen molar-refractivity contribution in [3.63, 3.8) is 0 Å². The van der Waals surface area contributed by atoms with E-state index in [1.165, 1.54) is 6.92 Å². The summed E-state index contributed by atoms with van der Waals surface area (Å²) >= 11 is 5.98. The molecule has 0 fully saturated rings. The van der Waals surface area contributed by atoms with Gasteiger partial charge in [-0.05, 0) is 12.1 Å². The molecule has 0 bridgehead atoms. The molecule has 1 aliphatic rings. The van der Waals surface area contributed by atoms with Gasteiger partial charge in [-0.1, -0.05) is 11.6 Å². The van der Waals surface area contributed by atoms with Crippen molar-refractivity contribution < 1.29 is 9.59 Å². The SMILES string of the molecule is CC(=O)NC1CNc2c(Cl)ccc(N)c2C1=O. The molecule has 0 aromatic heterocycles. The van der Waals surface area contributed by atoms with Crippen LogP contribution in [0.2, 0.25) is 5.02 Å². The molecule has 0 spiro atoms. The van der Waals surface area contributed by atoms with Crippen LogP contribution >= 0.6 is 11.6 Å². The van der Waals surface area contributed by atoms with Crippen molar-refractivity contribution in [1.82, 2.24) is 5.32 Å². The van der Waals surface area contributed by atoms with Crippen LogP contribution in [0.15, 0.2) is 12.1 Å². The number of fused-ring (bicyclic) bond motifs is 1. The van der Waals surface area contributed by atoms with Gasteiger partial charge in [-0.3, -0.25) is 9.59 Å². The highest BCUT2D eigenvalue weighted by molar-refractivity contribution is 6.35. The lowest BCUT2D eigenvalue weighted by Crippen LogP contribution is -2.47. The number of ketones is 1. The standard InChI is InChI=1S/C11H12ClN3O2/c1-5(16)15-8-4-14-10-6(12)2-3-7(13)9(10)11(8)17/h2-3,8,14H,4,13H2,1H3,(H,15,16). The van der Waals surface area contributed by atoms with Crippen LogP contribution in [0.4, 0.5) is 11.4 Å². The minimum atomic E-state index is -0.597. The van der Waals surface area contributed by atoms with E-state index in [4.69, 9.17) is 17.3 Å².